The first-order chi connectivity index (χ1) is 8.37. The van der Waals surface area contributed by atoms with Crippen molar-refractivity contribution in [2.45, 2.75) is 40.7 Å². The van der Waals surface area contributed by atoms with Gasteiger partial charge in [0.15, 0.2) is 0 Å². The van der Waals surface area contributed by atoms with Crippen molar-refractivity contribution in [2.24, 2.45) is 5.41 Å². The quantitative estimate of drug-likeness (QED) is 0.621. The molecule has 0 saturated heterocycles. The van der Waals surface area contributed by atoms with Gasteiger partial charge in [-0.1, -0.05) is 32.9 Å². The zero-order chi connectivity index (χ0) is 13.8. The fraction of sp³-hybridized carbons (Fsp3) is 0.571. The molecule has 1 rings (SSSR count). The second-order valence-corrected chi connectivity index (χ2v) is 5.44. The molecular weight excluding hydrogens is 228 g/mol. The third-order valence-electron chi connectivity index (χ3n) is 3.49. The van der Waals surface area contributed by atoms with E-state index in [1.54, 1.807) is 19.1 Å². The number of nitrogens with one attached hydrogen (secondary N) is 1. The number of nitro groups is 1. The normalized spacial score (nSPS) is 11.6. The predicted octanol–water partition coefficient (Wildman–Crippen LogP) is 3.43. The van der Waals surface area contributed by atoms with E-state index in [9.17, 15) is 10.1 Å². The molecule has 0 saturated carbocycles. The minimum atomic E-state index is -0.325. The number of rotatable bonds is 6. The van der Waals surface area contributed by atoms with Gasteiger partial charge in [0.05, 0.1) is 4.92 Å². The van der Waals surface area contributed by atoms with E-state index >= 15 is 0 Å². The van der Waals surface area contributed by atoms with E-state index in [-0.39, 0.29) is 16.0 Å². The maximum absolute atomic E-state index is 10.8. The molecule has 4 nitrogen and oxygen atoms in total. The van der Waals surface area contributed by atoms with Crippen LogP contribution >= 0.6 is 0 Å². The second kappa shape index (κ2) is 5.96. The summed E-state index contributed by atoms with van der Waals surface area (Å²) in [6.07, 6.45) is 1.11. The number of nitrogens with zero attached hydrogens (tertiary/aromatic N) is 1. The summed E-state index contributed by atoms with van der Waals surface area (Å²) in [5, 5.41) is 14.2. The van der Waals surface area contributed by atoms with Gasteiger partial charge in [0.1, 0.15) is 0 Å². The maximum Gasteiger partial charge on any atom is 0.272 e. The predicted molar refractivity (Wildman–Crippen MR) is 73.6 cm³/mol. The first-order valence-electron chi connectivity index (χ1n) is 6.31. The Hall–Kier alpha value is -1.42. The van der Waals surface area contributed by atoms with E-state index in [4.69, 9.17) is 0 Å². The van der Waals surface area contributed by atoms with Gasteiger partial charge in [0.2, 0.25) is 0 Å². The first-order valence-corrected chi connectivity index (χ1v) is 6.31. The number of hydrogen-bond donors (Lipinski definition) is 1. The molecule has 0 radical (unpaired) electrons. The maximum atomic E-state index is 10.8. The Balaban J connectivity index is 2.69. The Bertz CT molecular complexity index is 428. The average molecular weight is 250 g/mol. The van der Waals surface area contributed by atoms with E-state index < -0.39 is 0 Å². The van der Waals surface area contributed by atoms with E-state index in [1.165, 1.54) is 0 Å². The molecule has 4 heteroatoms. The average Bonchev–Trinajstić information content (AvgIpc) is 2.31. The summed E-state index contributed by atoms with van der Waals surface area (Å²) in [6.45, 7) is 9.98. The molecular formula is C14H22N2O2. The van der Waals surface area contributed by atoms with Crippen LogP contribution in [-0.2, 0) is 6.54 Å². The van der Waals surface area contributed by atoms with Crippen LogP contribution in [0.15, 0.2) is 18.2 Å². The van der Waals surface area contributed by atoms with Gasteiger partial charge in [0.25, 0.3) is 5.69 Å². The van der Waals surface area contributed by atoms with Crippen LogP contribution in [0.25, 0.3) is 0 Å². The lowest BCUT2D eigenvalue weighted by molar-refractivity contribution is -0.385. The second-order valence-electron chi connectivity index (χ2n) is 5.44. The molecule has 0 amide bonds. The van der Waals surface area contributed by atoms with Gasteiger partial charge in [-0.2, -0.15) is 0 Å². The molecule has 0 aliphatic carbocycles. The van der Waals surface area contributed by atoms with Crippen molar-refractivity contribution >= 4 is 5.69 Å². The van der Waals surface area contributed by atoms with Gasteiger partial charge in [-0.25, -0.2) is 0 Å². The van der Waals surface area contributed by atoms with E-state index in [0.717, 1.165) is 24.1 Å². The molecule has 1 N–H and O–H groups in total. The molecule has 0 spiro atoms. The molecule has 1 aromatic rings. The van der Waals surface area contributed by atoms with Crippen LogP contribution in [0.3, 0.4) is 0 Å². The number of hydrogen-bond acceptors (Lipinski definition) is 3. The lowest BCUT2D eigenvalue weighted by atomic mass is 9.90. The van der Waals surface area contributed by atoms with Crippen LogP contribution in [-0.4, -0.2) is 11.5 Å². The van der Waals surface area contributed by atoms with E-state index in [1.807, 2.05) is 6.07 Å². The summed E-state index contributed by atoms with van der Waals surface area (Å²) in [4.78, 5) is 10.5. The zero-order valence-corrected chi connectivity index (χ0v) is 11.6. The van der Waals surface area contributed by atoms with Gasteiger partial charge in [-0.15, -0.1) is 0 Å². The molecule has 0 aliphatic rings. The largest absolute Gasteiger partial charge is 0.312 e. The molecule has 18 heavy (non-hydrogen) atoms. The fourth-order valence-electron chi connectivity index (χ4n) is 1.72. The Labute approximate surface area is 109 Å². The van der Waals surface area contributed by atoms with Gasteiger partial charge in [0, 0.05) is 24.7 Å². The van der Waals surface area contributed by atoms with Crippen molar-refractivity contribution in [1.29, 1.82) is 0 Å². The van der Waals surface area contributed by atoms with Crippen molar-refractivity contribution in [3.63, 3.8) is 0 Å². The smallest absolute Gasteiger partial charge is 0.272 e. The highest BCUT2D eigenvalue weighted by molar-refractivity contribution is 5.44. The topological polar surface area (TPSA) is 55.2 Å². The Kier molecular flexibility index (Phi) is 4.84. The van der Waals surface area contributed by atoms with Crippen LogP contribution in [0.2, 0.25) is 0 Å². The summed E-state index contributed by atoms with van der Waals surface area (Å²) in [6, 6.07) is 5.23. The standard InChI is InChI=1S/C14H22N2O2/c1-5-14(3,4)10-15-9-12-7-6-8-13(11(12)2)16(17)18/h6-8,15H,5,9-10H2,1-4H3. The monoisotopic (exact) mass is 250 g/mol. The molecule has 0 aromatic heterocycles. The van der Waals surface area contributed by atoms with Crippen LogP contribution in [0, 0.1) is 22.5 Å². The Morgan fingerprint density at radius 3 is 2.61 bits per heavy atom. The molecule has 0 unspecified atom stereocenters. The molecule has 0 heterocycles. The highest BCUT2D eigenvalue weighted by atomic mass is 16.6. The summed E-state index contributed by atoms with van der Waals surface area (Å²) >= 11 is 0. The number of benzene rings is 1. The molecule has 0 fully saturated rings. The number of nitro benzene ring substituents is 1. The molecule has 0 bridgehead atoms. The van der Waals surface area contributed by atoms with Crippen molar-refractivity contribution in [3.8, 4) is 0 Å². The van der Waals surface area contributed by atoms with Gasteiger partial charge in [-0.05, 0) is 24.3 Å². The zero-order valence-electron chi connectivity index (χ0n) is 11.6. The molecule has 0 atom stereocenters. The SMILES string of the molecule is CCC(C)(C)CNCc1cccc([N+](=O)[O-])c1C. The third-order valence-corrected chi connectivity index (χ3v) is 3.49. The van der Waals surface area contributed by atoms with Gasteiger partial charge >= 0.3 is 0 Å². The van der Waals surface area contributed by atoms with Crippen molar-refractivity contribution in [3.05, 3.63) is 39.4 Å². The lowest BCUT2D eigenvalue weighted by Crippen LogP contribution is -2.28. The van der Waals surface area contributed by atoms with Crippen LogP contribution in [0.1, 0.15) is 38.3 Å². The summed E-state index contributed by atoms with van der Waals surface area (Å²) in [7, 11) is 0. The van der Waals surface area contributed by atoms with Crippen LogP contribution < -0.4 is 5.32 Å². The van der Waals surface area contributed by atoms with Crippen molar-refractivity contribution in [1.82, 2.24) is 5.32 Å². The highest BCUT2D eigenvalue weighted by Gasteiger charge is 2.16. The van der Waals surface area contributed by atoms with Gasteiger partial charge in [-0.3, -0.25) is 10.1 Å². The van der Waals surface area contributed by atoms with Crippen molar-refractivity contribution in [2.75, 3.05) is 6.54 Å². The molecule has 1 aromatic carbocycles. The van der Waals surface area contributed by atoms with E-state index in [0.29, 0.717) is 6.54 Å². The van der Waals surface area contributed by atoms with E-state index in [2.05, 4.69) is 26.1 Å². The minimum absolute atomic E-state index is 0.198. The minimum Gasteiger partial charge on any atom is -0.312 e. The highest BCUT2D eigenvalue weighted by Crippen LogP contribution is 2.22. The van der Waals surface area contributed by atoms with Gasteiger partial charge < -0.3 is 5.32 Å². The summed E-state index contributed by atoms with van der Waals surface area (Å²) in [5.41, 5.74) is 2.21. The summed E-state index contributed by atoms with van der Waals surface area (Å²) < 4.78 is 0. The lowest BCUT2D eigenvalue weighted by Gasteiger charge is -2.23. The third kappa shape index (κ3) is 3.81. The molecule has 0 aliphatic heterocycles. The Morgan fingerprint density at radius 2 is 2.06 bits per heavy atom. The van der Waals surface area contributed by atoms with Crippen LogP contribution in [0.5, 0.6) is 0 Å². The molecule has 100 valence electrons. The first kappa shape index (κ1) is 14.6. The fourth-order valence-corrected chi connectivity index (χ4v) is 1.72. The Morgan fingerprint density at radius 1 is 1.39 bits per heavy atom. The van der Waals surface area contributed by atoms with Crippen molar-refractivity contribution < 1.29 is 4.92 Å². The summed E-state index contributed by atoms with van der Waals surface area (Å²) in [5.74, 6) is 0. The van der Waals surface area contributed by atoms with Crippen LogP contribution in [0.4, 0.5) is 5.69 Å².